The van der Waals surface area contributed by atoms with Gasteiger partial charge in [0, 0.05) is 49.2 Å². The standard InChI is InChI=1S/C21H20N4O4/c1-14-12-23(20(27)15-5-3-2-4-6-15)9-10-25(14)21(28)19(26)17-11-22-18-13-24(29)8-7-16(17)18/h2-8,11,13-14,29H,9-10,12H2,1H3/t14-/m1/s1. The van der Waals surface area contributed by atoms with E-state index >= 15 is 0 Å². The Kier molecular flexibility index (Phi) is 4.75. The van der Waals surface area contributed by atoms with Gasteiger partial charge in [-0.1, -0.05) is 18.2 Å². The van der Waals surface area contributed by atoms with Gasteiger partial charge < -0.3 is 15.0 Å². The van der Waals surface area contributed by atoms with Crippen LogP contribution in [0.4, 0.5) is 0 Å². The van der Waals surface area contributed by atoms with Crippen LogP contribution in [0.15, 0.2) is 55.0 Å². The van der Waals surface area contributed by atoms with Crippen LogP contribution in [-0.2, 0) is 4.79 Å². The Morgan fingerprint density at radius 1 is 1.10 bits per heavy atom. The molecule has 0 unspecified atom stereocenters. The van der Waals surface area contributed by atoms with Gasteiger partial charge in [0.2, 0.25) is 0 Å². The van der Waals surface area contributed by atoms with Gasteiger partial charge >= 0.3 is 0 Å². The molecule has 4 rings (SSSR count). The van der Waals surface area contributed by atoms with Crippen LogP contribution in [0.3, 0.4) is 0 Å². The first-order valence-corrected chi connectivity index (χ1v) is 9.31. The molecule has 0 aromatic heterocycles. The minimum absolute atomic E-state index is 0.0839. The molecular formula is C21H20N4O4. The fraction of sp³-hybridized carbons (Fsp3) is 0.238. The van der Waals surface area contributed by atoms with Crippen LogP contribution in [-0.4, -0.2) is 68.0 Å². The van der Waals surface area contributed by atoms with Crippen molar-refractivity contribution in [2.24, 2.45) is 0 Å². The smallest absolute Gasteiger partial charge is 0.295 e. The molecule has 1 aromatic rings. The van der Waals surface area contributed by atoms with Gasteiger partial charge in [-0.2, -0.15) is 4.73 Å². The summed E-state index contributed by atoms with van der Waals surface area (Å²) in [4.78, 5) is 45.6. The Bertz CT molecular complexity index is 1050. The highest BCUT2D eigenvalue weighted by Crippen LogP contribution is 2.25. The Balaban J connectivity index is 1.47. The van der Waals surface area contributed by atoms with Crippen LogP contribution in [0.1, 0.15) is 27.6 Å². The van der Waals surface area contributed by atoms with Crippen LogP contribution in [0.2, 0.25) is 0 Å². The van der Waals surface area contributed by atoms with Crippen molar-refractivity contribution in [1.29, 1.82) is 0 Å². The quantitative estimate of drug-likeness (QED) is 0.416. The van der Waals surface area contributed by atoms with Gasteiger partial charge in [-0.3, -0.25) is 19.4 Å². The number of aromatic nitrogens is 2. The lowest BCUT2D eigenvalue weighted by Crippen LogP contribution is -2.56. The Morgan fingerprint density at radius 3 is 2.59 bits per heavy atom. The van der Waals surface area contributed by atoms with E-state index in [4.69, 9.17) is 0 Å². The molecule has 1 aromatic carbocycles. The van der Waals surface area contributed by atoms with E-state index in [1.807, 2.05) is 25.1 Å². The average molecular weight is 392 g/mol. The molecule has 3 heterocycles. The molecule has 0 radical (unpaired) electrons. The Morgan fingerprint density at radius 2 is 1.86 bits per heavy atom. The van der Waals surface area contributed by atoms with E-state index in [1.54, 1.807) is 23.1 Å². The van der Waals surface area contributed by atoms with Crippen molar-refractivity contribution < 1.29 is 19.6 Å². The topological polar surface area (TPSA) is 95.7 Å². The van der Waals surface area contributed by atoms with Crippen LogP contribution in [0.25, 0.3) is 11.3 Å². The summed E-state index contributed by atoms with van der Waals surface area (Å²) in [5, 5.41) is 9.46. The maximum atomic E-state index is 12.9. The second kappa shape index (κ2) is 7.38. The minimum Gasteiger partial charge on any atom is -0.429 e. The normalized spacial score (nSPS) is 16.8. The molecule has 148 valence electrons. The predicted molar refractivity (Wildman–Crippen MR) is 104 cm³/mol. The minimum atomic E-state index is -0.641. The lowest BCUT2D eigenvalue weighted by molar-refractivity contribution is -0.130. The fourth-order valence-electron chi connectivity index (χ4n) is 3.64. The van der Waals surface area contributed by atoms with Gasteiger partial charge in [0.05, 0.1) is 17.5 Å². The third kappa shape index (κ3) is 3.44. The summed E-state index contributed by atoms with van der Waals surface area (Å²) >= 11 is 0. The molecule has 8 heteroatoms. The summed E-state index contributed by atoms with van der Waals surface area (Å²) in [6, 6.07) is 10.3. The van der Waals surface area contributed by atoms with Crippen molar-refractivity contribution in [1.82, 2.24) is 19.5 Å². The molecule has 2 amide bonds. The zero-order valence-electron chi connectivity index (χ0n) is 15.9. The third-order valence-corrected chi connectivity index (χ3v) is 5.18. The predicted octanol–water partition coefficient (Wildman–Crippen LogP) is 1.78. The summed E-state index contributed by atoms with van der Waals surface area (Å²) in [7, 11) is 0. The summed E-state index contributed by atoms with van der Waals surface area (Å²) in [6.07, 6.45) is 4.10. The number of benzene rings is 1. The van der Waals surface area contributed by atoms with Crippen LogP contribution in [0.5, 0.6) is 0 Å². The van der Waals surface area contributed by atoms with E-state index in [1.165, 1.54) is 23.5 Å². The van der Waals surface area contributed by atoms with Crippen LogP contribution in [0, 0.1) is 0 Å². The number of fused-ring (bicyclic) bond motifs is 1. The number of carbonyl (C=O) groups is 3. The number of hydrogen-bond donors (Lipinski definition) is 1. The first-order valence-electron chi connectivity index (χ1n) is 9.31. The summed E-state index contributed by atoms with van der Waals surface area (Å²) in [5.41, 5.74) is 1.75. The molecule has 1 atom stereocenters. The number of rotatable bonds is 3. The van der Waals surface area contributed by atoms with E-state index in [0.29, 0.717) is 29.9 Å². The molecule has 0 bridgehead atoms. The van der Waals surface area contributed by atoms with E-state index in [9.17, 15) is 19.6 Å². The van der Waals surface area contributed by atoms with E-state index in [2.05, 4.69) is 4.98 Å². The Labute approximate surface area is 167 Å². The van der Waals surface area contributed by atoms with Gasteiger partial charge in [0.25, 0.3) is 17.6 Å². The number of nitrogens with zero attached hydrogens (tertiary/aromatic N) is 4. The van der Waals surface area contributed by atoms with E-state index < -0.39 is 11.7 Å². The highest BCUT2D eigenvalue weighted by Gasteiger charge is 2.34. The van der Waals surface area contributed by atoms with Gasteiger partial charge in [-0.25, -0.2) is 0 Å². The van der Waals surface area contributed by atoms with Crippen molar-refractivity contribution in [3.63, 3.8) is 0 Å². The van der Waals surface area contributed by atoms with Crippen molar-refractivity contribution in [2.75, 3.05) is 19.6 Å². The second-order valence-electron chi connectivity index (χ2n) is 7.09. The van der Waals surface area contributed by atoms with Gasteiger partial charge in [-0.15, -0.1) is 0 Å². The molecule has 0 aliphatic carbocycles. The highest BCUT2D eigenvalue weighted by atomic mass is 16.5. The number of amides is 2. The molecule has 3 aliphatic rings. The molecule has 0 saturated carbocycles. The number of pyridine rings is 1. The fourth-order valence-corrected chi connectivity index (χ4v) is 3.64. The Hall–Kier alpha value is -3.68. The molecule has 0 spiro atoms. The van der Waals surface area contributed by atoms with E-state index in [-0.39, 0.29) is 24.1 Å². The third-order valence-electron chi connectivity index (χ3n) is 5.18. The first kappa shape index (κ1) is 18.7. The lowest BCUT2D eigenvalue weighted by Gasteiger charge is -2.39. The zero-order chi connectivity index (χ0) is 20.5. The molecule has 8 nitrogen and oxygen atoms in total. The number of carbonyl (C=O) groups excluding carboxylic acids is 3. The van der Waals surface area contributed by atoms with Crippen molar-refractivity contribution in [3.05, 3.63) is 66.1 Å². The molecular weight excluding hydrogens is 372 g/mol. The number of ketones is 1. The lowest BCUT2D eigenvalue weighted by atomic mass is 10.0. The monoisotopic (exact) mass is 392 g/mol. The second-order valence-corrected chi connectivity index (χ2v) is 7.09. The van der Waals surface area contributed by atoms with E-state index in [0.717, 1.165) is 4.73 Å². The first-order chi connectivity index (χ1) is 14.0. The highest BCUT2D eigenvalue weighted by molar-refractivity contribution is 6.44. The van der Waals surface area contributed by atoms with Gasteiger partial charge in [-0.05, 0) is 25.1 Å². The largest absolute Gasteiger partial charge is 0.429 e. The number of piperazine rings is 1. The maximum absolute atomic E-state index is 12.9. The van der Waals surface area contributed by atoms with Crippen LogP contribution < -0.4 is 0 Å². The zero-order valence-corrected chi connectivity index (χ0v) is 15.9. The summed E-state index contributed by atoms with van der Waals surface area (Å²) in [6.45, 7) is 2.83. The summed E-state index contributed by atoms with van der Waals surface area (Å²) < 4.78 is 0.844. The summed E-state index contributed by atoms with van der Waals surface area (Å²) in [5.74, 6) is -1.34. The van der Waals surface area contributed by atoms with Crippen molar-refractivity contribution in [3.8, 4) is 11.3 Å². The molecule has 1 N–H and O–H groups in total. The molecule has 29 heavy (non-hydrogen) atoms. The molecule has 3 aliphatic heterocycles. The molecule has 1 fully saturated rings. The number of hydrogen-bond acceptors (Lipinski definition) is 5. The molecule has 1 saturated heterocycles. The van der Waals surface area contributed by atoms with Gasteiger partial charge in [0.15, 0.2) is 0 Å². The SMILES string of the molecule is C[C@@H]1CN(C(=O)c2ccccc2)CCN1C(=O)C(=O)c1cnc2cn(O)ccc1-2. The average Bonchev–Trinajstić information content (AvgIpc) is 3.15. The van der Waals surface area contributed by atoms with Crippen molar-refractivity contribution >= 4 is 17.6 Å². The van der Waals surface area contributed by atoms with Crippen molar-refractivity contribution in [2.45, 2.75) is 13.0 Å². The maximum Gasteiger partial charge on any atom is 0.295 e. The van der Waals surface area contributed by atoms with Gasteiger partial charge in [0.1, 0.15) is 0 Å². The number of Topliss-reactive ketones (excluding diaryl/α,β-unsaturated/α-hetero) is 1. The van der Waals surface area contributed by atoms with Crippen LogP contribution >= 0.6 is 0 Å².